The largest absolute Gasteiger partial charge is 0.444 e. The van der Waals surface area contributed by atoms with Gasteiger partial charge in [-0.1, -0.05) is 12.1 Å². The van der Waals surface area contributed by atoms with E-state index in [2.05, 4.69) is 20.5 Å². The van der Waals surface area contributed by atoms with Crippen molar-refractivity contribution >= 4 is 11.6 Å². The lowest BCUT2D eigenvalue weighted by Gasteiger charge is -2.03. The minimum absolute atomic E-state index is 0.0798. The van der Waals surface area contributed by atoms with Crippen LogP contribution in [0.3, 0.4) is 0 Å². The lowest BCUT2D eigenvalue weighted by Crippen LogP contribution is -2.26. The summed E-state index contributed by atoms with van der Waals surface area (Å²) in [4.78, 5) is 15.6. The molecule has 0 bridgehead atoms. The minimum atomic E-state index is -0.209. The van der Waals surface area contributed by atoms with E-state index in [1.165, 1.54) is 6.39 Å². The standard InChI is InChI=1S/C19H18N4O3/c24-10-9-21-19(25)16-3-1-14(2-4-16)11-22-23-17-7-5-15(6-8-17)18-12-20-13-26-18/h1-8,12-13,24H,9-11H2,(H,21,25). The van der Waals surface area contributed by atoms with Gasteiger partial charge in [0.15, 0.2) is 12.2 Å². The first kappa shape index (κ1) is 17.5. The second-order valence-electron chi connectivity index (χ2n) is 5.49. The predicted molar refractivity (Wildman–Crippen MR) is 96.0 cm³/mol. The second-order valence-corrected chi connectivity index (χ2v) is 5.49. The fourth-order valence-electron chi connectivity index (χ4n) is 2.28. The summed E-state index contributed by atoms with van der Waals surface area (Å²) in [6, 6.07) is 14.6. The summed E-state index contributed by atoms with van der Waals surface area (Å²) >= 11 is 0. The van der Waals surface area contributed by atoms with Crippen LogP contribution in [0.1, 0.15) is 15.9 Å². The van der Waals surface area contributed by atoms with Gasteiger partial charge in [0.25, 0.3) is 5.91 Å². The van der Waals surface area contributed by atoms with Crippen LogP contribution in [0.5, 0.6) is 0 Å². The molecule has 2 N–H and O–H groups in total. The van der Waals surface area contributed by atoms with Crippen molar-refractivity contribution in [2.45, 2.75) is 6.54 Å². The Morgan fingerprint density at radius 2 is 1.88 bits per heavy atom. The lowest BCUT2D eigenvalue weighted by molar-refractivity contribution is 0.0945. The van der Waals surface area contributed by atoms with Crippen LogP contribution in [0.4, 0.5) is 5.69 Å². The third-order valence-corrected chi connectivity index (χ3v) is 3.64. The number of hydrogen-bond acceptors (Lipinski definition) is 6. The molecule has 1 heterocycles. The number of hydrogen-bond donors (Lipinski definition) is 2. The number of nitrogens with zero attached hydrogens (tertiary/aromatic N) is 3. The maximum absolute atomic E-state index is 11.8. The van der Waals surface area contributed by atoms with Gasteiger partial charge >= 0.3 is 0 Å². The Bertz CT molecular complexity index is 857. The molecule has 0 saturated heterocycles. The van der Waals surface area contributed by atoms with Gasteiger partial charge in [0.1, 0.15) is 0 Å². The fourth-order valence-corrected chi connectivity index (χ4v) is 2.28. The second kappa shape index (κ2) is 8.68. The fraction of sp³-hybridized carbons (Fsp3) is 0.158. The monoisotopic (exact) mass is 350 g/mol. The summed E-state index contributed by atoms with van der Waals surface area (Å²) in [5, 5.41) is 19.7. The van der Waals surface area contributed by atoms with E-state index in [1.807, 2.05) is 36.4 Å². The van der Waals surface area contributed by atoms with E-state index in [0.717, 1.165) is 16.8 Å². The topological polar surface area (TPSA) is 100 Å². The number of aliphatic hydroxyl groups is 1. The van der Waals surface area contributed by atoms with Gasteiger partial charge in [0, 0.05) is 17.7 Å². The van der Waals surface area contributed by atoms with Gasteiger partial charge in [0.05, 0.1) is 25.0 Å². The highest BCUT2D eigenvalue weighted by molar-refractivity contribution is 5.94. The molecule has 0 aliphatic heterocycles. The third kappa shape index (κ3) is 4.61. The van der Waals surface area contributed by atoms with Crippen molar-refractivity contribution in [3.63, 3.8) is 0 Å². The van der Waals surface area contributed by atoms with Gasteiger partial charge < -0.3 is 14.8 Å². The normalized spacial score (nSPS) is 11.0. The molecule has 2 aromatic carbocycles. The average Bonchev–Trinajstić information content (AvgIpc) is 3.22. The van der Waals surface area contributed by atoms with Crippen molar-refractivity contribution in [2.75, 3.05) is 13.2 Å². The van der Waals surface area contributed by atoms with E-state index in [4.69, 9.17) is 9.52 Å². The van der Waals surface area contributed by atoms with Crippen molar-refractivity contribution in [3.8, 4) is 11.3 Å². The van der Waals surface area contributed by atoms with E-state index in [-0.39, 0.29) is 19.1 Å². The molecule has 0 atom stereocenters. The summed E-state index contributed by atoms with van der Waals surface area (Å²) in [6.45, 7) is 0.579. The minimum Gasteiger partial charge on any atom is -0.444 e. The van der Waals surface area contributed by atoms with E-state index in [9.17, 15) is 4.79 Å². The number of azo groups is 1. The molecule has 26 heavy (non-hydrogen) atoms. The van der Waals surface area contributed by atoms with Crippen LogP contribution in [-0.4, -0.2) is 29.1 Å². The molecule has 0 spiro atoms. The number of rotatable bonds is 7. The van der Waals surface area contributed by atoms with Crippen LogP contribution >= 0.6 is 0 Å². The van der Waals surface area contributed by atoms with Gasteiger partial charge in [-0.05, 0) is 42.0 Å². The molecule has 1 aromatic heterocycles. The quantitative estimate of drug-likeness (QED) is 0.638. The lowest BCUT2D eigenvalue weighted by atomic mass is 10.1. The summed E-state index contributed by atoms with van der Waals surface area (Å²) in [5.74, 6) is 0.496. The smallest absolute Gasteiger partial charge is 0.251 e. The Kier molecular flexibility index (Phi) is 5.84. The molecule has 132 valence electrons. The van der Waals surface area contributed by atoms with Gasteiger partial charge in [-0.15, -0.1) is 0 Å². The Morgan fingerprint density at radius 1 is 1.12 bits per heavy atom. The van der Waals surface area contributed by atoms with Gasteiger partial charge in [-0.25, -0.2) is 4.98 Å². The zero-order valence-electron chi connectivity index (χ0n) is 14.0. The molecule has 1 amide bonds. The average molecular weight is 350 g/mol. The molecule has 0 aliphatic carbocycles. The molecule has 0 fully saturated rings. The number of aliphatic hydroxyl groups excluding tert-OH is 1. The number of benzene rings is 2. The predicted octanol–water partition coefficient (Wildman–Crippen LogP) is 3.35. The Hall–Kier alpha value is -3.32. The summed E-state index contributed by atoms with van der Waals surface area (Å²) in [6.07, 6.45) is 3.05. The van der Waals surface area contributed by atoms with E-state index < -0.39 is 0 Å². The molecule has 0 radical (unpaired) electrons. The number of carbonyl (C=O) groups is 1. The van der Waals surface area contributed by atoms with Gasteiger partial charge in [0.2, 0.25) is 0 Å². The van der Waals surface area contributed by atoms with Gasteiger partial charge in [-0.2, -0.15) is 10.2 Å². The summed E-state index contributed by atoms with van der Waals surface area (Å²) in [7, 11) is 0. The number of oxazole rings is 1. The maximum Gasteiger partial charge on any atom is 0.251 e. The van der Waals surface area contributed by atoms with Crippen molar-refractivity contribution < 1.29 is 14.3 Å². The molecular formula is C19H18N4O3. The van der Waals surface area contributed by atoms with Crippen molar-refractivity contribution in [3.05, 3.63) is 72.2 Å². The molecule has 0 aliphatic rings. The summed E-state index contributed by atoms with van der Waals surface area (Å²) < 4.78 is 5.24. The SMILES string of the molecule is O=C(NCCO)c1ccc(CN=Nc2ccc(-c3cnco3)cc2)cc1. The van der Waals surface area contributed by atoms with E-state index >= 15 is 0 Å². The number of carbonyl (C=O) groups excluding carboxylic acids is 1. The van der Waals surface area contributed by atoms with Crippen LogP contribution in [0, 0.1) is 0 Å². The highest BCUT2D eigenvalue weighted by Crippen LogP contribution is 2.22. The van der Waals surface area contributed by atoms with Crippen LogP contribution < -0.4 is 5.32 Å². The number of amides is 1. The van der Waals surface area contributed by atoms with Gasteiger partial charge in [-0.3, -0.25) is 4.79 Å². The Morgan fingerprint density at radius 3 is 2.54 bits per heavy atom. The number of nitrogens with one attached hydrogen (secondary N) is 1. The maximum atomic E-state index is 11.8. The molecule has 7 heteroatoms. The van der Waals surface area contributed by atoms with Crippen LogP contribution in [0.25, 0.3) is 11.3 Å². The van der Waals surface area contributed by atoms with E-state index in [1.54, 1.807) is 18.3 Å². The first-order valence-electron chi connectivity index (χ1n) is 8.10. The molecule has 0 unspecified atom stereocenters. The van der Waals surface area contributed by atoms with Crippen LogP contribution in [0.15, 0.2) is 75.8 Å². The van der Waals surface area contributed by atoms with Crippen molar-refractivity contribution in [1.29, 1.82) is 0 Å². The highest BCUT2D eigenvalue weighted by Gasteiger charge is 2.04. The molecule has 3 aromatic rings. The third-order valence-electron chi connectivity index (χ3n) is 3.64. The first-order chi connectivity index (χ1) is 12.8. The van der Waals surface area contributed by atoms with Crippen LogP contribution in [-0.2, 0) is 6.54 Å². The molecule has 3 rings (SSSR count). The molecule has 7 nitrogen and oxygen atoms in total. The van der Waals surface area contributed by atoms with E-state index in [0.29, 0.717) is 17.9 Å². The Labute approximate surface area is 150 Å². The molecular weight excluding hydrogens is 332 g/mol. The van der Waals surface area contributed by atoms with Crippen LogP contribution in [0.2, 0.25) is 0 Å². The van der Waals surface area contributed by atoms with Crippen molar-refractivity contribution in [2.24, 2.45) is 10.2 Å². The zero-order chi connectivity index (χ0) is 18.2. The Balaban J connectivity index is 1.56. The first-order valence-corrected chi connectivity index (χ1v) is 8.10. The number of aromatic nitrogens is 1. The molecule has 0 saturated carbocycles. The summed E-state index contributed by atoms with van der Waals surface area (Å²) in [5.41, 5.74) is 3.16. The highest BCUT2D eigenvalue weighted by atomic mass is 16.3. The van der Waals surface area contributed by atoms with Crippen molar-refractivity contribution in [1.82, 2.24) is 10.3 Å². The zero-order valence-corrected chi connectivity index (χ0v) is 14.0.